The van der Waals surface area contributed by atoms with Gasteiger partial charge in [0.2, 0.25) is 0 Å². The highest BCUT2D eigenvalue weighted by Crippen LogP contribution is 2.22. The highest BCUT2D eigenvalue weighted by Gasteiger charge is 2.13. The minimum absolute atomic E-state index is 0.675. The third-order valence-corrected chi connectivity index (χ3v) is 2.64. The molecule has 0 N–H and O–H groups in total. The number of benzene rings is 1. The van der Waals surface area contributed by atoms with E-state index in [1.165, 1.54) is 19.3 Å². The third kappa shape index (κ3) is 1.72. The van der Waals surface area contributed by atoms with Crippen LogP contribution in [0.15, 0.2) is 18.2 Å². The summed E-state index contributed by atoms with van der Waals surface area (Å²) in [6.45, 7) is 2.15. The topological polar surface area (TPSA) is 27.0 Å². The van der Waals surface area contributed by atoms with Crippen molar-refractivity contribution in [2.75, 3.05) is 18.0 Å². The molecule has 1 fully saturated rings. The maximum atomic E-state index is 8.94. The molecule has 1 heterocycles. The van der Waals surface area contributed by atoms with Crippen molar-refractivity contribution in [3.05, 3.63) is 29.8 Å². The molecule has 2 rings (SSSR count). The van der Waals surface area contributed by atoms with E-state index in [1.807, 2.05) is 12.1 Å². The molecule has 2 nitrogen and oxygen atoms in total. The minimum Gasteiger partial charge on any atom is -0.370 e. The first-order valence-corrected chi connectivity index (χ1v) is 5.07. The lowest BCUT2D eigenvalue weighted by Crippen LogP contribution is -2.29. The molecule has 2 heteroatoms. The van der Waals surface area contributed by atoms with Gasteiger partial charge in [0.05, 0.1) is 11.3 Å². The molecule has 0 unspecified atom stereocenters. The Morgan fingerprint density at radius 2 is 2.07 bits per heavy atom. The smallest absolute Gasteiger partial charge is 0.102 e. The van der Waals surface area contributed by atoms with Crippen LogP contribution in [0.2, 0.25) is 0 Å². The Balaban J connectivity index is 2.26. The fraction of sp³-hybridized carbons (Fsp3) is 0.417. The van der Waals surface area contributed by atoms with Gasteiger partial charge in [-0.1, -0.05) is 12.1 Å². The second-order valence-electron chi connectivity index (χ2n) is 3.59. The van der Waals surface area contributed by atoms with Gasteiger partial charge in [-0.15, -0.1) is 0 Å². The van der Waals surface area contributed by atoms with Crippen LogP contribution in [0.3, 0.4) is 0 Å². The number of nitrogens with zero attached hydrogens (tertiary/aromatic N) is 2. The zero-order valence-corrected chi connectivity index (χ0v) is 8.16. The van der Waals surface area contributed by atoms with Gasteiger partial charge in [0.15, 0.2) is 0 Å². The lowest BCUT2D eigenvalue weighted by Gasteiger charge is -2.29. The predicted molar refractivity (Wildman–Crippen MR) is 56.1 cm³/mol. The van der Waals surface area contributed by atoms with Crippen LogP contribution in [-0.4, -0.2) is 13.1 Å². The molecule has 0 atom stereocenters. The molecule has 0 amide bonds. The monoisotopic (exact) mass is 185 g/mol. The number of hydrogen-bond donors (Lipinski definition) is 0. The molecule has 1 radical (unpaired) electrons. The van der Waals surface area contributed by atoms with Crippen LogP contribution in [0.1, 0.15) is 24.8 Å². The van der Waals surface area contributed by atoms with Crippen LogP contribution in [0.25, 0.3) is 0 Å². The van der Waals surface area contributed by atoms with Gasteiger partial charge in [-0.05, 0) is 25.3 Å². The molecular weight excluding hydrogens is 172 g/mol. The van der Waals surface area contributed by atoms with E-state index in [0.717, 1.165) is 18.8 Å². The first-order chi connectivity index (χ1) is 6.92. The van der Waals surface area contributed by atoms with Gasteiger partial charge in [-0.3, -0.25) is 0 Å². The number of anilines is 1. The standard InChI is InChI=1S/C12H13N2/c13-10-11-6-2-3-7-12(11)14-8-4-1-5-9-14/h2-3,7H,1,4-5,8-9H2. The predicted octanol–water partition coefficient (Wildman–Crippen LogP) is 2.35. The second kappa shape index (κ2) is 4.15. The van der Waals surface area contributed by atoms with Crippen LogP contribution in [-0.2, 0) is 0 Å². The molecule has 0 bridgehead atoms. The number of rotatable bonds is 1. The number of nitriles is 1. The quantitative estimate of drug-likeness (QED) is 0.671. The molecule has 0 aromatic heterocycles. The maximum Gasteiger partial charge on any atom is 0.102 e. The summed E-state index contributed by atoms with van der Waals surface area (Å²) in [5.41, 5.74) is 1.73. The Kier molecular flexibility index (Phi) is 2.69. The SMILES string of the molecule is N#Cc1[c]cccc1N1CCCCC1. The molecule has 1 aromatic rings. The van der Waals surface area contributed by atoms with Crippen molar-refractivity contribution >= 4 is 5.69 Å². The van der Waals surface area contributed by atoms with Gasteiger partial charge in [-0.2, -0.15) is 5.26 Å². The highest BCUT2D eigenvalue weighted by atomic mass is 15.1. The Hall–Kier alpha value is -1.49. The largest absolute Gasteiger partial charge is 0.370 e. The number of hydrogen-bond acceptors (Lipinski definition) is 2. The summed E-state index contributed by atoms with van der Waals surface area (Å²) in [6, 6.07) is 10.9. The summed E-state index contributed by atoms with van der Waals surface area (Å²) in [6.07, 6.45) is 3.79. The summed E-state index contributed by atoms with van der Waals surface area (Å²) in [5.74, 6) is 0. The minimum atomic E-state index is 0.675. The molecule has 1 aliphatic heterocycles. The van der Waals surface area contributed by atoms with Crippen molar-refractivity contribution < 1.29 is 0 Å². The average Bonchev–Trinajstić information content (AvgIpc) is 2.30. The first-order valence-electron chi connectivity index (χ1n) is 5.07. The van der Waals surface area contributed by atoms with Crippen LogP contribution in [0, 0.1) is 17.4 Å². The van der Waals surface area contributed by atoms with Crippen molar-refractivity contribution in [2.45, 2.75) is 19.3 Å². The van der Waals surface area contributed by atoms with Crippen LogP contribution in [0.5, 0.6) is 0 Å². The van der Waals surface area contributed by atoms with Crippen molar-refractivity contribution in [2.24, 2.45) is 0 Å². The van der Waals surface area contributed by atoms with Gasteiger partial charge in [0.25, 0.3) is 0 Å². The van der Waals surface area contributed by atoms with Gasteiger partial charge in [0.1, 0.15) is 6.07 Å². The van der Waals surface area contributed by atoms with Crippen molar-refractivity contribution in [3.63, 3.8) is 0 Å². The van der Waals surface area contributed by atoms with Crippen LogP contribution >= 0.6 is 0 Å². The first kappa shape index (κ1) is 9.08. The van der Waals surface area contributed by atoms with E-state index >= 15 is 0 Å². The zero-order chi connectivity index (χ0) is 9.80. The fourth-order valence-corrected chi connectivity index (χ4v) is 1.92. The molecular formula is C12H13N2. The van der Waals surface area contributed by atoms with Crippen molar-refractivity contribution in [3.8, 4) is 6.07 Å². The van der Waals surface area contributed by atoms with Crippen molar-refractivity contribution in [1.82, 2.24) is 0 Å². The summed E-state index contributed by atoms with van der Waals surface area (Å²) in [5, 5.41) is 8.94. The zero-order valence-electron chi connectivity index (χ0n) is 8.16. The van der Waals surface area contributed by atoms with Gasteiger partial charge in [-0.25, -0.2) is 0 Å². The van der Waals surface area contributed by atoms with Gasteiger partial charge < -0.3 is 4.90 Å². The van der Waals surface area contributed by atoms with Crippen LogP contribution < -0.4 is 4.90 Å². The Morgan fingerprint density at radius 3 is 2.79 bits per heavy atom. The molecule has 0 spiro atoms. The molecule has 0 saturated carbocycles. The summed E-state index contributed by atoms with van der Waals surface area (Å²) in [7, 11) is 0. The lowest BCUT2D eigenvalue weighted by molar-refractivity contribution is 0.577. The van der Waals surface area contributed by atoms with E-state index < -0.39 is 0 Å². The van der Waals surface area contributed by atoms with E-state index in [0.29, 0.717) is 5.56 Å². The van der Waals surface area contributed by atoms with E-state index in [-0.39, 0.29) is 0 Å². The van der Waals surface area contributed by atoms with E-state index in [4.69, 9.17) is 5.26 Å². The van der Waals surface area contributed by atoms with Gasteiger partial charge in [0, 0.05) is 19.2 Å². The molecule has 1 aromatic carbocycles. The summed E-state index contributed by atoms with van der Waals surface area (Å²) >= 11 is 0. The summed E-state index contributed by atoms with van der Waals surface area (Å²) < 4.78 is 0. The Labute approximate surface area is 84.8 Å². The molecule has 1 saturated heterocycles. The van der Waals surface area contributed by atoms with E-state index in [2.05, 4.69) is 17.0 Å². The molecule has 14 heavy (non-hydrogen) atoms. The molecule has 71 valence electrons. The molecule has 0 aliphatic carbocycles. The summed E-state index contributed by atoms with van der Waals surface area (Å²) in [4.78, 5) is 2.29. The van der Waals surface area contributed by atoms with E-state index in [1.54, 1.807) is 6.07 Å². The Morgan fingerprint density at radius 1 is 1.29 bits per heavy atom. The normalized spacial score (nSPS) is 16.4. The lowest BCUT2D eigenvalue weighted by atomic mass is 10.1. The second-order valence-corrected chi connectivity index (χ2v) is 3.59. The average molecular weight is 185 g/mol. The molecule has 1 aliphatic rings. The maximum absolute atomic E-state index is 8.94. The highest BCUT2D eigenvalue weighted by molar-refractivity contribution is 5.58. The van der Waals surface area contributed by atoms with Crippen LogP contribution in [0.4, 0.5) is 5.69 Å². The third-order valence-electron chi connectivity index (χ3n) is 2.64. The van der Waals surface area contributed by atoms with E-state index in [9.17, 15) is 0 Å². The number of piperidine rings is 1. The van der Waals surface area contributed by atoms with Gasteiger partial charge >= 0.3 is 0 Å². The van der Waals surface area contributed by atoms with Crippen molar-refractivity contribution in [1.29, 1.82) is 5.26 Å². The fourth-order valence-electron chi connectivity index (χ4n) is 1.92. The Bertz CT molecular complexity index is 346.